The average molecular weight is 324 g/mol. The van der Waals surface area contributed by atoms with Gasteiger partial charge in [0.2, 0.25) is 9.84 Å². The van der Waals surface area contributed by atoms with Gasteiger partial charge in [0.15, 0.2) is 5.94 Å². The minimum atomic E-state index is -3.13. The molecule has 2 aliphatic heterocycles. The van der Waals surface area contributed by atoms with Crippen LogP contribution in [-0.2, 0) is 9.84 Å². The molecule has 0 radical (unpaired) electrons. The number of para-hydroxylation sites is 1. The van der Waals surface area contributed by atoms with Crippen LogP contribution < -0.4 is 4.74 Å². The molecule has 2 aliphatic rings. The molecule has 4 rings (SSSR count). The first kappa shape index (κ1) is 13.9. The van der Waals surface area contributed by atoms with Crippen LogP contribution in [0.1, 0.15) is 0 Å². The minimum absolute atomic E-state index is 0.216. The minimum Gasteiger partial charge on any atom is -0.476 e. The number of hydrogen-bond acceptors (Lipinski definition) is 5. The molecule has 0 spiro atoms. The quantitative estimate of drug-likeness (QED) is 0.740. The number of fused-ring (bicyclic) bond motifs is 2. The molecule has 0 aliphatic carbocycles. The van der Waals surface area contributed by atoms with Gasteiger partial charge in [-0.25, -0.2) is 8.42 Å². The van der Waals surface area contributed by atoms with E-state index < -0.39 is 9.84 Å². The summed E-state index contributed by atoms with van der Waals surface area (Å²) < 4.78 is 27.2. The Labute approximate surface area is 126 Å². The smallest absolute Gasteiger partial charge is 0.216 e. The highest BCUT2D eigenvalue weighted by Gasteiger charge is 2.26. The molecule has 0 unspecified atom stereocenters. The van der Waals surface area contributed by atoms with Crippen LogP contribution in [0, 0.1) is 0 Å². The molecule has 0 saturated carbocycles. The van der Waals surface area contributed by atoms with Gasteiger partial charge in [0.25, 0.3) is 0 Å². The largest absolute Gasteiger partial charge is 0.476 e. The van der Waals surface area contributed by atoms with E-state index in [4.69, 9.17) is 4.74 Å². The Hall–Kier alpha value is -1.11. The lowest BCUT2D eigenvalue weighted by Gasteiger charge is -1.91. The summed E-state index contributed by atoms with van der Waals surface area (Å²) in [6.07, 6.45) is 0. The van der Waals surface area contributed by atoms with Crippen LogP contribution in [0.25, 0.3) is 0 Å². The van der Waals surface area contributed by atoms with Crippen molar-refractivity contribution in [1.29, 1.82) is 0 Å². The summed E-state index contributed by atoms with van der Waals surface area (Å²) in [5.41, 5.74) is 0. The second-order valence-electron chi connectivity index (χ2n) is 4.18. The summed E-state index contributed by atoms with van der Waals surface area (Å²) >= 11 is 3.86. The Bertz CT molecular complexity index is 703. The van der Waals surface area contributed by atoms with Gasteiger partial charge in [0.05, 0.1) is 0 Å². The van der Waals surface area contributed by atoms with Crippen molar-refractivity contribution in [3.8, 4) is 5.75 Å². The first-order chi connectivity index (χ1) is 9.67. The second-order valence-corrected chi connectivity index (χ2v) is 8.48. The lowest BCUT2D eigenvalue weighted by atomic mass is 10.3. The molecule has 0 saturated heterocycles. The third-order valence-electron chi connectivity index (χ3n) is 2.83. The molecule has 2 aromatic carbocycles. The summed E-state index contributed by atoms with van der Waals surface area (Å²) in [6.45, 7) is 0. The number of thioether (sulfide) groups is 2. The predicted molar refractivity (Wildman–Crippen MR) is 82.1 cm³/mol. The van der Waals surface area contributed by atoms with Crippen LogP contribution in [0.15, 0.2) is 63.2 Å². The Morgan fingerprint density at radius 3 is 2.15 bits per heavy atom. The monoisotopic (exact) mass is 324 g/mol. The lowest BCUT2D eigenvalue weighted by Crippen LogP contribution is -2.01. The van der Waals surface area contributed by atoms with Crippen LogP contribution in [0.2, 0.25) is 0 Å². The Morgan fingerprint density at radius 1 is 0.900 bits per heavy atom. The van der Waals surface area contributed by atoms with Crippen molar-refractivity contribution in [1.82, 2.24) is 0 Å². The highest BCUT2D eigenvalue weighted by molar-refractivity contribution is 8.18. The summed E-state index contributed by atoms with van der Waals surface area (Å²) in [5.74, 6) is 0.249. The van der Waals surface area contributed by atoms with Crippen LogP contribution in [0.5, 0.6) is 5.75 Å². The molecule has 6 heteroatoms. The van der Waals surface area contributed by atoms with Crippen molar-refractivity contribution in [2.24, 2.45) is 0 Å². The molecule has 0 fully saturated rings. The molecule has 0 amide bonds. The van der Waals surface area contributed by atoms with E-state index >= 15 is 0 Å². The van der Waals surface area contributed by atoms with E-state index in [1.807, 2.05) is 23.5 Å². The fourth-order valence-corrected chi connectivity index (χ4v) is 5.38. The van der Waals surface area contributed by atoms with Crippen molar-refractivity contribution >= 4 is 33.4 Å². The third kappa shape index (κ3) is 2.82. The van der Waals surface area contributed by atoms with E-state index in [-0.39, 0.29) is 5.94 Å². The third-order valence-corrected chi connectivity index (χ3v) is 6.67. The number of sulfone groups is 1. The molecular formula is C14H12O3S3. The van der Waals surface area contributed by atoms with Crippen LogP contribution >= 0.6 is 23.5 Å². The van der Waals surface area contributed by atoms with Crippen LogP contribution in [0.4, 0.5) is 0 Å². The normalized spacial score (nSPS) is 17.4. The van der Waals surface area contributed by atoms with Gasteiger partial charge in [-0.15, -0.1) is 23.5 Å². The maximum absolute atomic E-state index is 11.1. The maximum atomic E-state index is 11.1. The predicted octanol–water partition coefficient (Wildman–Crippen LogP) is 3.65. The van der Waals surface area contributed by atoms with Crippen molar-refractivity contribution in [3.63, 3.8) is 0 Å². The van der Waals surface area contributed by atoms with Gasteiger partial charge in [-0.1, -0.05) is 24.3 Å². The molecule has 0 atom stereocenters. The molecule has 3 nitrogen and oxygen atoms in total. The maximum Gasteiger partial charge on any atom is 0.216 e. The molecule has 0 bridgehead atoms. The van der Waals surface area contributed by atoms with Crippen LogP contribution in [0.3, 0.4) is 0 Å². The van der Waals surface area contributed by atoms with Crippen molar-refractivity contribution in [2.45, 2.75) is 14.7 Å². The molecule has 0 N–H and O–H groups in total. The van der Waals surface area contributed by atoms with Gasteiger partial charge in [-0.05, 0) is 24.3 Å². The zero-order valence-electron chi connectivity index (χ0n) is 10.5. The van der Waals surface area contributed by atoms with Crippen molar-refractivity contribution in [2.75, 3.05) is 11.0 Å². The van der Waals surface area contributed by atoms with E-state index in [0.29, 0.717) is 10.6 Å². The van der Waals surface area contributed by atoms with Gasteiger partial charge in [0.1, 0.15) is 10.6 Å². The number of ether oxygens (including phenoxy) is 1. The van der Waals surface area contributed by atoms with Gasteiger partial charge in [-0.3, -0.25) is 0 Å². The van der Waals surface area contributed by atoms with Crippen molar-refractivity contribution in [3.05, 3.63) is 48.5 Å². The zero-order chi connectivity index (χ0) is 14.0. The zero-order valence-corrected chi connectivity index (χ0v) is 12.9. The molecule has 2 aromatic rings. The standard InChI is InChI=1S/C7H6O3S.C7H6S2/c8-11(9)5-10-6-3-1-2-4-7(6)11;1-2-4-7-6(3-1)8-5-9-7/h1-4H,5H2;1-4H,5H2. The Morgan fingerprint density at radius 2 is 1.50 bits per heavy atom. The average Bonchev–Trinajstić information content (AvgIpc) is 3.05. The second kappa shape index (κ2) is 5.71. The molecule has 0 aromatic heterocycles. The molecular weight excluding hydrogens is 312 g/mol. The van der Waals surface area contributed by atoms with E-state index in [9.17, 15) is 8.42 Å². The van der Waals surface area contributed by atoms with Crippen LogP contribution in [-0.4, -0.2) is 19.4 Å². The Kier molecular flexibility index (Phi) is 3.96. The van der Waals surface area contributed by atoms with Gasteiger partial charge in [0, 0.05) is 14.9 Å². The molecule has 20 heavy (non-hydrogen) atoms. The highest BCUT2D eigenvalue weighted by Crippen LogP contribution is 2.40. The molecule has 2 heterocycles. The van der Waals surface area contributed by atoms with E-state index in [1.54, 1.807) is 24.3 Å². The van der Waals surface area contributed by atoms with Gasteiger partial charge < -0.3 is 4.74 Å². The fraction of sp³-hybridized carbons (Fsp3) is 0.143. The van der Waals surface area contributed by atoms with E-state index in [0.717, 1.165) is 0 Å². The fourth-order valence-electron chi connectivity index (χ4n) is 1.88. The van der Waals surface area contributed by atoms with Gasteiger partial charge >= 0.3 is 0 Å². The summed E-state index contributed by atoms with van der Waals surface area (Å²) in [7, 11) is -3.13. The Balaban J connectivity index is 0.000000123. The number of benzene rings is 2. The summed E-state index contributed by atoms with van der Waals surface area (Å²) in [4.78, 5) is 3.20. The lowest BCUT2D eigenvalue weighted by molar-refractivity contribution is 0.389. The first-order valence-corrected chi connectivity index (χ1v) is 9.58. The van der Waals surface area contributed by atoms with Crippen molar-refractivity contribution < 1.29 is 13.2 Å². The topological polar surface area (TPSA) is 43.4 Å². The summed E-state index contributed by atoms with van der Waals surface area (Å²) in [6, 6.07) is 15.2. The first-order valence-electron chi connectivity index (χ1n) is 5.96. The number of rotatable bonds is 0. The summed E-state index contributed by atoms with van der Waals surface area (Å²) in [5, 5.41) is 1.19. The number of hydrogen-bond donors (Lipinski definition) is 0. The SMILES string of the molecule is O=S1(=O)COc2ccccc21.c1ccc2c(c1)SCS2. The van der Waals surface area contributed by atoms with E-state index in [1.165, 1.54) is 14.9 Å². The molecule has 104 valence electrons. The van der Waals surface area contributed by atoms with E-state index in [2.05, 4.69) is 24.3 Å². The highest BCUT2D eigenvalue weighted by atomic mass is 32.2. The van der Waals surface area contributed by atoms with Gasteiger partial charge in [-0.2, -0.15) is 0 Å².